The average Bonchev–Trinajstić information content (AvgIpc) is 2.86. The Balaban J connectivity index is 1.97. The van der Waals surface area contributed by atoms with Crippen LogP contribution < -0.4 is 5.32 Å². The summed E-state index contributed by atoms with van der Waals surface area (Å²) in [6.45, 7) is 3.85. The number of nitrogens with one attached hydrogen (secondary N) is 1. The smallest absolute Gasteiger partial charge is 0.258 e. The molecule has 0 aliphatic rings. The zero-order valence-electron chi connectivity index (χ0n) is 12.9. The molecule has 0 spiro atoms. The van der Waals surface area contributed by atoms with E-state index in [1.54, 1.807) is 22.9 Å². The van der Waals surface area contributed by atoms with E-state index in [1.807, 2.05) is 38.1 Å². The molecule has 0 fully saturated rings. The number of hydrogen-bond acceptors (Lipinski definition) is 2. The second kappa shape index (κ2) is 6.04. The maximum atomic E-state index is 13.8. The Labute approximate surface area is 133 Å². The number of nitrogens with zero attached hydrogens (tertiary/aromatic N) is 2. The van der Waals surface area contributed by atoms with Gasteiger partial charge in [0.15, 0.2) is 0 Å². The minimum absolute atomic E-state index is 0.00988. The molecule has 0 aliphatic carbocycles. The molecule has 0 radical (unpaired) electrons. The summed E-state index contributed by atoms with van der Waals surface area (Å²) in [5.74, 6) is -1.04. The number of carbonyl (C=O) groups is 1. The number of halogens is 1. The molecular weight excluding hydrogens is 293 g/mol. The molecule has 1 N–H and O–H groups in total. The largest absolute Gasteiger partial charge is 0.320 e. The van der Waals surface area contributed by atoms with Crippen LogP contribution in [0.2, 0.25) is 0 Å². The molecule has 0 bridgehead atoms. The van der Waals surface area contributed by atoms with Crippen molar-refractivity contribution in [3.05, 3.63) is 77.4 Å². The fourth-order valence-electron chi connectivity index (χ4n) is 2.47. The monoisotopic (exact) mass is 309 g/mol. The molecule has 0 saturated carbocycles. The summed E-state index contributed by atoms with van der Waals surface area (Å²) < 4.78 is 15.5. The summed E-state index contributed by atoms with van der Waals surface area (Å²) in [5, 5.41) is 7.19. The Morgan fingerprint density at radius 1 is 1.09 bits per heavy atom. The van der Waals surface area contributed by atoms with E-state index in [0.717, 1.165) is 17.1 Å². The Hall–Kier alpha value is -2.95. The Morgan fingerprint density at radius 2 is 1.78 bits per heavy atom. The van der Waals surface area contributed by atoms with Gasteiger partial charge < -0.3 is 5.32 Å². The Kier molecular flexibility index (Phi) is 3.93. The van der Waals surface area contributed by atoms with Gasteiger partial charge in [0.25, 0.3) is 5.91 Å². The van der Waals surface area contributed by atoms with Crippen molar-refractivity contribution in [2.45, 2.75) is 13.8 Å². The van der Waals surface area contributed by atoms with Gasteiger partial charge in [-0.2, -0.15) is 5.10 Å². The highest BCUT2D eigenvalue weighted by molar-refractivity contribution is 6.05. The first-order valence-electron chi connectivity index (χ1n) is 7.25. The third kappa shape index (κ3) is 2.99. The van der Waals surface area contributed by atoms with Gasteiger partial charge in [0.2, 0.25) is 0 Å². The van der Waals surface area contributed by atoms with E-state index < -0.39 is 11.7 Å². The van der Waals surface area contributed by atoms with Gasteiger partial charge in [-0.05, 0) is 44.2 Å². The third-order valence-electron chi connectivity index (χ3n) is 3.51. The summed E-state index contributed by atoms with van der Waals surface area (Å²) in [4.78, 5) is 12.3. The minimum Gasteiger partial charge on any atom is -0.320 e. The molecule has 0 unspecified atom stereocenters. The van der Waals surface area contributed by atoms with Gasteiger partial charge in [0, 0.05) is 5.69 Å². The molecule has 1 heterocycles. The SMILES string of the molecule is Cc1cc(C)n(-c2ccccc2NC(=O)c2ccccc2F)n1. The van der Waals surface area contributed by atoms with Crippen LogP contribution in [-0.2, 0) is 0 Å². The fourth-order valence-corrected chi connectivity index (χ4v) is 2.47. The van der Waals surface area contributed by atoms with Crippen molar-refractivity contribution in [3.8, 4) is 5.69 Å². The maximum absolute atomic E-state index is 13.8. The van der Waals surface area contributed by atoms with Gasteiger partial charge in [-0.3, -0.25) is 4.79 Å². The Bertz CT molecular complexity index is 870. The maximum Gasteiger partial charge on any atom is 0.258 e. The molecule has 116 valence electrons. The second-order valence-electron chi connectivity index (χ2n) is 5.29. The van der Waals surface area contributed by atoms with Crippen molar-refractivity contribution in [2.24, 2.45) is 0 Å². The van der Waals surface area contributed by atoms with Crippen LogP contribution in [0.5, 0.6) is 0 Å². The molecule has 1 aromatic heterocycles. The van der Waals surface area contributed by atoms with E-state index in [4.69, 9.17) is 0 Å². The lowest BCUT2D eigenvalue weighted by molar-refractivity contribution is 0.102. The second-order valence-corrected chi connectivity index (χ2v) is 5.29. The number of benzene rings is 2. The predicted molar refractivity (Wildman–Crippen MR) is 87.4 cm³/mol. The standard InChI is InChI=1S/C18H16FN3O/c1-12-11-13(2)22(21-12)17-10-6-5-9-16(17)20-18(23)14-7-3-4-8-15(14)19/h3-11H,1-2H3,(H,20,23). The van der Waals surface area contributed by atoms with Gasteiger partial charge in [-0.25, -0.2) is 9.07 Å². The van der Waals surface area contributed by atoms with E-state index in [1.165, 1.54) is 12.1 Å². The molecule has 23 heavy (non-hydrogen) atoms. The lowest BCUT2D eigenvalue weighted by atomic mass is 10.2. The van der Waals surface area contributed by atoms with E-state index in [-0.39, 0.29) is 5.56 Å². The first kappa shape index (κ1) is 15.0. The molecule has 0 atom stereocenters. The van der Waals surface area contributed by atoms with Crippen LogP contribution in [0, 0.1) is 19.7 Å². The van der Waals surface area contributed by atoms with Crippen molar-refractivity contribution in [1.29, 1.82) is 0 Å². The molecule has 2 aromatic carbocycles. The molecule has 3 aromatic rings. The van der Waals surface area contributed by atoms with E-state index in [2.05, 4.69) is 10.4 Å². The van der Waals surface area contributed by atoms with Crippen molar-refractivity contribution < 1.29 is 9.18 Å². The summed E-state index contributed by atoms with van der Waals surface area (Å²) in [6, 6.07) is 15.2. The van der Waals surface area contributed by atoms with Crippen LogP contribution in [-0.4, -0.2) is 15.7 Å². The van der Waals surface area contributed by atoms with Crippen LogP contribution in [0.25, 0.3) is 5.69 Å². The molecule has 0 aliphatic heterocycles. The van der Waals surface area contributed by atoms with E-state index in [9.17, 15) is 9.18 Å². The normalized spacial score (nSPS) is 10.6. The lowest BCUT2D eigenvalue weighted by Crippen LogP contribution is -2.15. The van der Waals surface area contributed by atoms with Crippen molar-refractivity contribution in [3.63, 3.8) is 0 Å². The van der Waals surface area contributed by atoms with Crippen LogP contribution in [0.3, 0.4) is 0 Å². The van der Waals surface area contributed by atoms with Crippen molar-refractivity contribution in [1.82, 2.24) is 9.78 Å². The quantitative estimate of drug-likeness (QED) is 0.798. The fraction of sp³-hybridized carbons (Fsp3) is 0.111. The van der Waals surface area contributed by atoms with Crippen molar-refractivity contribution >= 4 is 11.6 Å². The first-order valence-corrected chi connectivity index (χ1v) is 7.25. The van der Waals surface area contributed by atoms with Crippen LogP contribution in [0.15, 0.2) is 54.6 Å². The predicted octanol–water partition coefficient (Wildman–Crippen LogP) is 3.88. The highest BCUT2D eigenvalue weighted by atomic mass is 19.1. The molecule has 5 heteroatoms. The summed E-state index contributed by atoms with van der Waals surface area (Å²) in [5.41, 5.74) is 3.17. The van der Waals surface area contributed by atoms with Gasteiger partial charge in [-0.15, -0.1) is 0 Å². The number of amides is 1. The molecule has 1 amide bonds. The highest BCUT2D eigenvalue weighted by Crippen LogP contribution is 2.22. The molecule has 4 nitrogen and oxygen atoms in total. The van der Waals surface area contributed by atoms with Crippen LogP contribution in [0.1, 0.15) is 21.7 Å². The zero-order chi connectivity index (χ0) is 16.4. The Morgan fingerprint density at radius 3 is 2.48 bits per heavy atom. The van der Waals surface area contributed by atoms with Gasteiger partial charge in [0.05, 0.1) is 22.6 Å². The topological polar surface area (TPSA) is 46.9 Å². The summed E-state index contributed by atoms with van der Waals surface area (Å²) in [6.07, 6.45) is 0. The summed E-state index contributed by atoms with van der Waals surface area (Å²) in [7, 11) is 0. The number of carbonyl (C=O) groups excluding carboxylic acids is 1. The van der Waals surface area contributed by atoms with Crippen LogP contribution in [0.4, 0.5) is 10.1 Å². The average molecular weight is 309 g/mol. The number of para-hydroxylation sites is 2. The molecule has 3 rings (SSSR count). The number of hydrogen-bond donors (Lipinski definition) is 1. The summed E-state index contributed by atoms with van der Waals surface area (Å²) >= 11 is 0. The van der Waals surface area contributed by atoms with Gasteiger partial charge >= 0.3 is 0 Å². The zero-order valence-corrected chi connectivity index (χ0v) is 12.9. The number of rotatable bonds is 3. The minimum atomic E-state index is -0.548. The first-order chi connectivity index (χ1) is 11.1. The van der Waals surface area contributed by atoms with Gasteiger partial charge in [0.1, 0.15) is 5.82 Å². The number of anilines is 1. The number of aromatic nitrogens is 2. The van der Waals surface area contributed by atoms with Crippen molar-refractivity contribution in [2.75, 3.05) is 5.32 Å². The third-order valence-corrected chi connectivity index (χ3v) is 3.51. The highest BCUT2D eigenvalue weighted by Gasteiger charge is 2.14. The number of aryl methyl sites for hydroxylation is 2. The molecular formula is C18H16FN3O. The van der Waals surface area contributed by atoms with E-state index in [0.29, 0.717) is 5.69 Å². The lowest BCUT2D eigenvalue weighted by Gasteiger charge is -2.12. The van der Waals surface area contributed by atoms with Gasteiger partial charge in [-0.1, -0.05) is 24.3 Å². The van der Waals surface area contributed by atoms with E-state index >= 15 is 0 Å². The van der Waals surface area contributed by atoms with Crippen LogP contribution >= 0.6 is 0 Å². The molecule has 0 saturated heterocycles.